The number of aryl methyl sites for hydroxylation is 1. The second-order valence-electron chi connectivity index (χ2n) is 7.09. The van der Waals surface area contributed by atoms with Crippen molar-refractivity contribution >= 4 is 23.4 Å². The van der Waals surface area contributed by atoms with Crippen molar-refractivity contribution in [3.63, 3.8) is 0 Å². The molecule has 1 aromatic heterocycles. The molecule has 8 nitrogen and oxygen atoms in total. The third kappa shape index (κ3) is 4.32. The summed E-state index contributed by atoms with van der Waals surface area (Å²) in [7, 11) is 3.22. The van der Waals surface area contributed by atoms with E-state index in [4.69, 9.17) is 9.47 Å². The number of benzene rings is 2. The topological polar surface area (TPSA) is 90.3 Å². The number of nitrogens with one attached hydrogen (secondary N) is 2. The zero-order chi connectivity index (χ0) is 21.8. The molecule has 0 bridgehead atoms. The Labute approximate surface area is 185 Å². The van der Waals surface area contributed by atoms with Gasteiger partial charge in [-0.25, -0.2) is 4.68 Å². The maximum absolute atomic E-state index is 13.4. The number of hydrogen-bond donors (Lipinski definition) is 2. The number of rotatable bonds is 7. The standard InChI is InChI=1S/C22H25N5O3S/c1-4-7-18-24-25-22-27(18)26-19(14-10-12-15(29-2)13-11-14)20(31-22)21(28)23-16-8-5-6-9-17(16)30-3/h5-6,8-13,19-20,26H,4,7H2,1-3H3,(H,23,28)/t19-,20+/m0/s1. The Morgan fingerprint density at radius 1 is 1.13 bits per heavy atom. The van der Waals surface area contributed by atoms with E-state index in [-0.39, 0.29) is 11.9 Å². The fourth-order valence-electron chi connectivity index (χ4n) is 3.50. The van der Waals surface area contributed by atoms with Crippen LogP contribution in [0.2, 0.25) is 0 Å². The molecule has 0 saturated carbocycles. The summed E-state index contributed by atoms with van der Waals surface area (Å²) in [6.07, 6.45) is 1.75. The third-order valence-electron chi connectivity index (χ3n) is 5.08. The number of methoxy groups -OCH3 is 2. The van der Waals surface area contributed by atoms with Crippen LogP contribution in [0.1, 0.15) is 30.8 Å². The summed E-state index contributed by atoms with van der Waals surface area (Å²) in [5, 5.41) is 11.8. The molecule has 2 N–H and O–H groups in total. The van der Waals surface area contributed by atoms with Crippen molar-refractivity contribution in [2.45, 2.75) is 36.2 Å². The molecular formula is C22H25N5O3S. The maximum atomic E-state index is 13.4. The summed E-state index contributed by atoms with van der Waals surface area (Å²) in [5.41, 5.74) is 5.06. The third-order valence-corrected chi connectivity index (χ3v) is 6.29. The highest BCUT2D eigenvalue weighted by molar-refractivity contribution is 8.00. The minimum atomic E-state index is -0.468. The first-order chi connectivity index (χ1) is 15.1. The summed E-state index contributed by atoms with van der Waals surface area (Å²) in [6, 6.07) is 14.8. The zero-order valence-corrected chi connectivity index (χ0v) is 18.5. The molecule has 2 aromatic carbocycles. The summed E-state index contributed by atoms with van der Waals surface area (Å²) in [4.78, 5) is 13.4. The van der Waals surface area contributed by atoms with Gasteiger partial charge in [-0.1, -0.05) is 43.0 Å². The zero-order valence-electron chi connectivity index (χ0n) is 17.7. The lowest BCUT2D eigenvalue weighted by molar-refractivity contribution is -0.116. The number of anilines is 1. The van der Waals surface area contributed by atoms with E-state index < -0.39 is 5.25 Å². The number of para-hydroxylation sites is 2. The van der Waals surface area contributed by atoms with E-state index in [1.807, 2.05) is 53.2 Å². The van der Waals surface area contributed by atoms with Gasteiger partial charge in [-0.3, -0.25) is 4.79 Å². The van der Waals surface area contributed by atoms with Crippen molar-refractivity contribution in [1.29, 1.82) is 0 Å². The molecule has 3 aromatic rings. The Morgan fingerprint density at radius 2 is 1.90 bits per heavy atom. The molecule has 4 rings (SSSR count). The number of amides is 1. The summed E-state index contributed by atoms with van der Waals surface area (Å²) in [5.74, 6) is 2.08. The summed E-state index contributed by atoms with van der Waals surface area (Å²) < 4.78 is 12.6. The van der Waals surface area contributed by atoms with Gasteiger partial charge in [-0.2, -0.15) is 0 Å². The highest BCUT2D eigenvalue weighted by Crippen LogP contribution is 2.38. The Balaban J connectivity index is 1.67. The lowest BCUT2D eigenvalue weighted by atomic mass is 10.0. The van der Waals surface area contributed by atoms with Crippen molar-refractivity contribution in [3.8, 4) is 11.5 Å². The van der Waals surface area contributed by atoms with Gasteiger partial charge >= 0.3 is 0 Å². The fourth-order valence-corrected chi connectivity index (χ4v) is 4.60. The lowest BCUT2D eigenvalue weighted by Crippen LogP contribution is -2.41. The van der Waals surface area contributed by atoms with Crippen LogP contribution in [0.4, 0.5) is 5.69 Å². The molecule has 0 aliphatic carbocycles. The number of aromatic nitrogens is 3. The normalized spacial score (nSPS) is 17.4. The van der Waals surface area contributed by atoms with Gasteiger partial charge in [0.05, 0.1) is 25.9 Å². The predicted molar refractivity (Wildman–Crippen MR) is 120 cm³/mol. The average molecular weight is 440 g/mol. The number of nitrogens with zero attached hydrogens (tertiary/aromatic N) is 3. The second kappa shape index (κ2) is 9.30. The molecule has 2 heterocycles. The highest BCUT2D eigenvalue weighted by Gasteiger charge is 2.38. The lowest BCUT2D eigenvalue weighted by Gasteiger charge is -2.33. The van der Waals surface area contributed by atoms with Crippen LogP contribution in [0.25, 0.3) is 0 Å². The first kappa shape index (κ1) is 21.0. The molecule has 1 aliphatic heterocycles. The Bertz CT molecular complexity index is 1050. The maximum Gasteiger partial charge on any atom is 0.240 e. The van der Waals surface area contributed by atoms with Gasteiger partial charge in [0.1, 0.15) is 16.7 Å². The quantitative estimate of drug-likeness (QED) is 0.581. The van der Waals surface area contributed by atoms with E-state index in [9.17, 15) is 4.79 Å². The van der Waals surface area contributed by atoms with Crippen LogP contribution >= 0.6 is 11.8 Å². The first-order valence-electron chi connectivity index (χ1n) is 10.1. The minimum Gasteiger partial charge on any atom is -0.497 e. The van der Waals surface area contributed by atoms with E-state index in [2.05, 4.69) is 27.9 Å². The number of thioether (sulfide) groups is 1. The molecule has 0 fully saturated rings. The van der Waals surface area contributed by atoms with Gasteiger partial charge in [0.25, 0.3) is 0 Å². The van der Waals surface area contributed by atoms with Crippen molar-refractivity contribution < 1.29 is 14.3 Å². The first-order valence-corrected chi connectivity index (χ1v) is 11.0. The van der Waals surface area contributed by atoms with E-state index in [0.717, 1.165) is 30.0 Å². The number of fused-ring (bicyclic) bond motifs is 1. The average Bonchev–Trinajstić information content (AvgIpc) is 3.20. The van der Waals surface area contributed by atoms with Gasteiger partial charge in [0.15, 0.2) is 5.82 Å². The molecule has 0 radical (unpaired) electrons. The van der Waals surface area contributed by atoms with Crippen LogP contribution in [-0.2, 0) is 11.2 Å². The number of ether oxygens (including phenoxy) is 2. The molecule has 0 unspecified atom stereocenters. The minimum absolute atomic E-state index is 0.144. The van der Waals surface area contributed by atoms with Crippen LogP contribution in [0.3, 0.4) is 0 Å². The van der Waals surface area contributed by atoms with Gasteiger partial charge in [0, 0.05) is 6.42 Å². The van der Waals surface area contributed by atoms with Crippen LogP contribution in [0.15, 0.2) is 53.7 Å². The number of carbonyl (C=O) groups excluding carboxylic acids is 1. The SMILES string of the molecule is CCCc1nnc2n1N[C@@H](c1ccc(OC)cc1)[C@H](C(=O)Nc1ccccc1OC)S2. The molecule has 31 heavy (non-hydrogen) atoms. The Morgan fingerprint density at radius 3 is 2.61 bits per heavy atom. The van der Waals surface area contributed by atoms with Crippen molar-refractivity contribution in [2.75, 3.05) is 25.0 Å². The van der Waals surface area contributed by atoms with Gasteiger partial charge < -0.3 is 20.2 Å². The van der Waals surface area contributed by atoms with Crippen molar-refractivity contribution in [3.05, 3.63) is 59.9 Å². The Hall–Kier alpha value is -3.20. The molecule has 0 saturated heterocycles. The van der Waals surface area contributed by atoms with Crippen molar-refractivity contribution in [1.82, 2.24) is 14.9 Å². The fraction of sp³-hybridized carbons (Fsp3) is 0.318. The molecule has 0 spiro atoms. The molecule has 2 atom stereocenters. The van der Waals surface area contributed by atoms with Crippen LogP contribution < -0.4 is 20.2 Å². The van der Waals surface area contributed by atoms with E-state index in [1.165, 1.54) is 11.8 Å². The molecular weight excluding hydrogens is 414 g/mol. The van der Waals surface area contributed by atoms with Gasteiger partial charge in [-0.05, 0) is 36.2 Å². The Kier molecular flexibility index (Phi) is 6.31. The summed E-state index contributed by atoms with van der Waals surface area (Å²) >= 11 is 1.40. The van der Waals surface area contributed by atoms with Gasteiger partial charge in [-0.15, -0.1) is 10.2 Å². The van der Waals surface area contributed by atoms with Crippen LogP contribution in [0, 0.1) is 0 Å². The molecule has 1 aliphatic rings. The highest BCUT2D eigenvalue weighted by atomic mass is 32.2. The smallest absolute Gasteiger partial charge is 0.240 e. The van der Waals surface area contributed by atoms with Crippen LogP contribution in [0.5, 0.6) is 11.5 Å². The van der Waals surface area contributed by atoms with Gasteiger partial charge in [0.2, 0.25) is 11.1 Å². The summed E-state index contributed by atoms with van der Waals surface area (Å²) in [6.45, 7) is 2.10. The number of carbonyl (C=O) groups is 1. The molecule has 162 valence electrons. The second-order valence-corrected chi connectivity index (χ2v) is 8.20. The predicted octanol–water partition coefficient (Wildman–Crippen LogP) is 3.65. The van der Waals surface area contributed by atoms with Crippen LogP contribution in [-0.4, -0.2) is 40.3 Å². The molecule has 9 heteroatoms. The van der Waals surface area contributed by atoms with Crippen molar-refractivity contribution in [2.24, 2.45) is 0 Å². The van der Waals surface area contributed by atoms with E-state index in [0.29, 0.717) is 16.6 Å². The largest absolute Gasteiger partial charge is 0.497 e. The number of hydrogen-bond acceptors (Lipinski definition) is 7. The molecule has 1 amide bonds. The van der Waals surface area contributed by atoms with E-state index >= 15 is 0 Å². The van der Waals surface area contributed by atoms with E-state index in [1.54, 1.807) is 14.2 Å². The monoisotopic (exact) mass is 439 g/mol.